The second kappa shape index (κ2) is 5.49. The molecule has 1 aromatic heterocycles. The maximum absolute atomic E-state index is 12.4. The van der Waals surface area contributed by atoms with Crippen molar-refractivity contribution in [2.45, 2.75) is 5.38 Å². The lowest BCUT2D eigenvalue weighted by Gasteiger charge is -2.28. The zero-order chi connectivity index (χ0) is 13.2. The second-order valence-electron chi connectivity index (χ2n) is 4.49. The van der Waals surface area contributed by atoms with Crippen LogP contribution in [0.1, 0.15) is 10.9 Å². The SMILES string of the molecule is O=C(C(Cl)c1csc2ccccc12)N1CCOCC1. The molecule has 3 rings (SSSR count). The molecule has 1 fully saturated rings. The summed E-state index contributed by atoms with van der Waals surface area (Å²) in [5, 5.41) is 2.46. The van der Waals surface area contributed by atoms with Crippen LogP contribution < -0.4 is 0 Å². The smallest absolute Gasteiger partial charge is 0.245 e. The fourth-order valence-electron chi connectivity index (χ4n) is 2.27. The van der Waals surface area contributed by atoms with Gasteiger partial charge in [-0.2, -0.15) is 0 Å². The number of carbonyl (C=O) groups excluding carboxylic acids is 1. The molecule has 1 aliphatic heterocycles. The van der Waals surface area contributed by atoms with Crippen LogP contribution in [-0.4, -0.2) is 37.1 Å². The van der Waals surface area contributed by atoms with Crippen molar-refractivity contribution < 1.29 is 9.53 Å². The molecule has 1 unspecified atom stereocenters. The number of carbonyl (C=O) groups is 1. The quantitative estimate of drug-likeness (QED) is 0.797. The van der Waals surface area contributed by atoms with Crippen LogP contribution in [0.2, 0.25) is 0 Å². The Bertz CT molecular complexity index is 592. The van der Waals surface area contributed by atoms with Gasteiger partial charge in [-0.15, -0.1) is 22.9 Å². The van der Waals surface area contributed by atoms with Crippen LogP contribution in [0.25, 0.3) is 10.1 Å². The zero-order valence-corrected chi connectivity index (χ0v) is 11.9. The average molecular weight is 296 g/mol. The van der Waals surface area contributed by atoms with E-state index in [1.165, 1.54) is 0 Å². The van der Waals surface area contributed by atoms with E-state index in [0.29, 0.717) is 26.3 Å². The molecule has 0 bridgehead atoms. The lowest BCUT2D eigenvalue weighted by atomic mass is 10.1. The predicted octanol–water partition coefficient (Wildman–Crippen LogP) is 3.04. The van der Waals surface area contributed by atoms with Gasteiger partial charge in [-0.1, -0.05) is 18.2 Å². The molecule has 5 heteroatoms. The van der Waals surface area contributed by atoms with Gasteiger partial charge in [0, 0.05) is 17.8 Å². The highest BCUT2D eigenvalue weighted by atomic mass is 35.5. The molecule has 0 N–H and O–H groups in total. The lowest BCUT2D eigenvalue weighted by Crippen LogP contribution is -2.42. The van der Waals surface area contributed by atoms with Gasteiger partial charge in [-0.05, 0) is 22.4 Å². The Morgan fingerprint density at radius 1 is 1.32 bits per heavy atom. The van der Waals surface area contributed by atoms with Crippen molar-refractivity contribution in [3.63, 3.8) is 0 Å². The van der Waals surface area contributed by atoms with E-state index in [9.17, 15) is 4.79 Å². The first-order chi connectivity index (χ1) is 9.27. The first-order valence-electron chi connectivity index (χ1n) is 6.24. The van der Waals surface area contributed by atoms with Crippen molar-refractivity contribution in [1.82, 2.24) is 4.90 Å². The van der Waals surface area contributed by atoms with Crippen molar-refractivity contribution in [3.8, 4) is 0 Å². The fourth-order valence-corrected chi connectivity index (χ4v) is 3.65. The van der Waals surface area contributed by atoms with Crippen LogP contribution in [0.15, 0.2) is 29.6 Å². The maximum Gasteiger partial charge on any atom is 0.245 e. The Labute approximate surface area is 120 Å². The molecule has 1 saturated heterocycles. The van der Waals surface area contributed by atoms with Gasteiger partial charge >= 0.3 is 0 Å². The minimum absolute atomic E-state index is 0.0199. The Morgan fingerprint density at radius 2 is 2.05 bits per heavy atom. The summed E-state index contributed by atoms with van der Waals surface area (Å²) in [4.78, 5) is 14.2. The zero-order valence-electron chi connectivity index (χ0n) is 10.3. The third-order valence-electron chi connectivity index (χ3n) is 3.32. The van der Waals surface area contributed by atoms with Crippen LogP contribution in [0.3, 0.4) is 0 Å². The molecule has 2 aromatic rings. The second-order valence-corrected chi connectivity index (χ2v) is 5.84. The summed E-state index contributed by atoms with van der Waals surface area (Å²) < 4.78 is 6.42. The number of fused-ring (bicyclic) bond motifs is 1. The van der Waals surface area contributed by atoms with E-state index < -0.39 is 5.38 Å². The summed E-state index contributed by atoms with van der Waals surface area (Å²) in [6, 6.07) is 8.03. The highest BCUT2D eigenvalue weighted by molar-refractivity contribution is 7.17. The first-order valence-corrected chi connectivity index (χ1v) is 7.56. The van der Waals surface area contributed by atoms with Gasteiger partial charge < -0.3 is 9.64 Å². The molecule has 0 radical (unpaired) electrons. The number of halogens is 1. The Balaban J connectivity index is 1.86. The average Bonchev–Trinajstić information content (AvgIpc) is 2.90. The number of hydrogen-bond acceptors (Lipinski definition) is 3. The Hall–Kier alpha value is -1.10. The van der Waals surface area contributed by atoms with Crippen molar-refractivity contribution >= 4 is 38.9 Å². The minimum atomic E-state index is -0.603. The van der Waals surface area contributed by atoms with E-state index in [1.807, 2.05) is 29.6 Å². The van der Waals surface area contributed by atoms with Gasteiger partial charge in [-0.3, -0.25) is 4.79 Å². The predicted molar refractivity (Wildman–Crippen MR) is 77.8 cm³/mol. The van der Waals surface area contributed by atoms with Crippen molar-refractivity contribution in [2.75, 3.05) is 26.3 Å². The number of ether oxygens (including phenoxy) is 1. The lowest BCUT2D eigenvalue weighted by molar-refractivity contribution is -0.134. The minimum Gasteiger partial charge on any atom is -0.378 e. The number of benzene rings is 1. The van der Waals surface area contributed by atoms with E-state index in [-0.39, 0.29) is 5.91 Å². The van der Waals surface area contributed by atoms with Gasteiger partial charge in [0.15, 0.2) is 0 Å². The van der Waals surface area contributed by atoms with Gasteiger partial charge in [0.05, 0.1) is 13.2 Å². The number of alkyl halides is 1. The van der Waals surface area contributed by atoms with E-state index in [0.717, 1.165) is 15.6 Å². The Morgan fingerprint density at radius 3 is 2.84 bits per heavy atom. The molecule has 0 saturated carbocycles. The summed E-state index contributed by atoms with van der Waals surface area (Å²) in [5.74, 6) is -0.0199. The number of rotatable bonds is 2. The largest absolute Gasteiger partial charge is 0.378 e. The highest BCUT2D eigenvalue weighted by Gasteiger charge is 2.27. The van der Waals surface area contributed by atoms with Crippen LogP contribution in [0, 0.1) is 0 Å². The number of nitrogens with zero attached hydrogens (tertiary/aromatic N) is 1. The molecule has 19 heavy (non-hydrogen) atoms. The molecule has 1 aliphatic rings. The summed E-state index contributed by atoms with van der Waals surface area (Å²) in [6.45, 7) is 2.45. The molecule has 1 aromatic carbocycles. The van der Waals surface area contributed by atoms with Crippen LogP contribution in [-0.2, 0) is 9.53 Å². The van der Waals surface area contributed by atoms with Gasteiger partial charge in [0.1, 0.15) is 5.38 Å². The Kier molecular flexibility index (Phi) is 3.73. The third kappa shape index (κ3) is 2.48. The van der Waals surface area contributed by atoms with Crippen LogP contribution in [0.5, 0.6) is 0 Å². The van der Waals surface area contributed by atoms with Crippen molar-refractivity contribution in [1.29, 1.82) is 0 Å². The van der Waals surface area contributed by atoms with Crippen LogP contribution in [0.4, 0.5) is 0 Å². The summed E-state index contributed by atoms with van der Waals surface area (Å²) in [5.41, 5.74) is 0.916. The van der Waals surface area contributed by atoms with Crippen molar-refractivity contribution in [2.24, 2.45) is 0 Å². The van der Waals surface area contributed by atoms with Gasteiger partial charge in [0.25, 0.3) is 0 Å². The number of morpholine rings is 1. The van der Waals surface area contributed by atoms with Gasteiger partial charge in [0.2, 0.25) is 5.91 Å². The van der Waals surface area contributed by atoms with E-state index in [4.69, 9.17) is 16.3 Å². The molecular weight excluding hydrogens is 282 g/mol. The fraction of sp³-hybridized carbons (Fsp3) is 0.357. The van der Waals surface area contributed by atoms with Gasteiger partial charge in [-0.25, -0.2) is 0 Å². The molecule has 1 atom stereocenters. The molecule has 1 amide bonds. The molecule has 2 heterocycles. The standard InChI is InChI=1S/C14H14ClNO2S/c15-13(14(17)16-5-7-18-8-6-16)11-9-19-12-4-2-1-3-10(11)12/h1-4,9,13H,5-8H2. The summed E-state index contributed by atoms with van der Waals surface area (Å²) in [7, 11) is 0. The number of hydrogen-bond donors (Lipinski definition) is 0. The topological polar surface area (TPSA) is 29.5 Å². The van der Waals surface area contributed by atoms with E-state index in [2.05, 4.69) is 0 Å². The first kappa shape index (κ1) is 12.9. The third-order valence-corrected chi connectivity index (χ3v) is 4.73. The molecule has 3 nitrogen and oxygen atoms in total. The summed E-state index contributed by atoms with van der Waals surface area (Å²) in [6.07, 6.45) is 0. The molecule has 100 valence electrons. The summed E-state index contributed by atoms with van der Waals surface area (Å²) >= 11 is 8.01. The maximum atomic E-state index is 12.4. The van der Waals surface area contributed by atoms with E-state index >= 15 is 0 Å². The monoisotopic (exact) mass is 295 g/mol. The molecule has 0 spiro atoms. The highest BCUT2D eigenvalue weighted by Crippen LogP contribution is 2.34. The molecular formula is C14H14ClNO2S. The van der Waals surface area contributed by atoms with E-state index in [1.54, 1.807) is 16.2 Å². The van der Waals surface area contributed by atoms with Crippen LogP contribution >= 0.6 is 22.9 Å². The normalized spacial score (nSPS) is 17.6. The number of thiophene rings is 1. The number of amides is 1. The van der Waals surface area contributed by atoms with Crippen molar-refractivity contribution in [3.05, 3.63) is 35.2 Å². The molecule has 0 aliphatic carbocycles.